The fourth-order valence-corrected chi connectivity index (χ4v) is 3.43. The van der Waals surface area contributed by atoms with Gasteiger partial charge in [-0.25, -0.2) is 4.79 Å². The number of hydrogen-bond donors (Lipinski definition) is 0. The first-order valence-electron chi connectivity index (χ1n) is 8.75. The highest BCUT2D eigenvalue weighted by atomic mass is 35.5. The SMILES string of the molecule is CCn1c(=O)oc2ccc(Cc3cncc4cc(OC)c(OC)cc34)cc21.Cl. The summed E-state index contributed by atoms with van der Waals surface area (Å²) in [6, 6.07) is 9.73. The molecule has 0 N–H and O–H groups in total. The van der Waals surface area contributed by atoms with Gasteiger partial charge in [0.1, 0.15) is 0 Å². The Morgan fingerprint density at radius 2 is 1.82 bits per heavy atom. The number of halogens is 1. The molecule has 6 nitrogen and oxygen atoms in total. The fourth-order valence-electron chi connectivity index (χ4n) is 3.43. The molecule has 7 heteroatoms. The summed E-state index contributed by atoms with van der Waals surface area (Å²) in [5, 5.41) is 2.04. The molecule has 0 aliphatic carbocycles. The van der Waals surface area contributed by atoms with Crippen molar-refractivity contribution in [1.82, 2.24) is 9.55 Å². The molecule has 0 fully saturated rings. The van der Waals surface area contributed by atoms with Crippen molar-refractivity contribution < 1.29 is 13.9 Å². The Labute approximate surface area is 168 Å². The quantitative estimate of drug-likeness (QED) is 0.502. The molecule has 0 atom stereocenters. The molecular weight excluding hydrogens is 380 g/mol. The van der Waals surface area contributed by atoms with E-state index < -0.39 is 0 Å². The average Bonchev–Trinajstić information content (AvgIpc) is 3.01. The second-order valence-electron chi connectivity index (χ2n) is 6.32. The number of benzene rings is 2. The van der Waals surface area contributed by atoms with Crippen molar-refractivity contribution in [3.05, 3.63) is 64.4 Å². The average molecular weight is 401 g/mol. The van der Waals surface area contributed by atoms with Gasteiger partial charge in [0.2, 0.25) is 0 Å². The predicted molar refractivity (Wildman–Crippen MR) is 111 cm³/mol. The van der Waals surface area contributed by atoms with E-state index in [0.29, 0.717) is 30.0 Å². The third-order valence-corrected chi connectivity index (χ3v) is 4.79. The number of rotatable bonds is 5. The van der Waals surface area contributed by atoms with Crippen LogP contribution < -0.4 is 15.2 Å². The van der Waals surface area contributed by atoms with Crippen LogP contribution >= 0.6 is 12.4 Å². The van der Waals surface area contributed by atoms with Crippen molar-refractivity contribution in [2.45, 2.75) is 19.9 Å². The largest absolute Gasteiger partial charge is 0.493 e. The molecule has 2 aromatic heterocycles. The molecule has 28 heavy (non-hydrogen) atoms. The van der Waals surface area contributed by atoms with E-state index in [1.165, 1.54) is 0 Å². The lowest BCUT2D eigenvalue weighted by Crippen LogP contribution is -2.12. The Kier molecular flexibility index (Phi) is 5.61. The number of hydrogen-bond acceptors (Lipinski definition) is 5. The van der Waals surface area contributed by atoms with Gasteiger partial charge < -0.3 is 13.9 Å². The molecule has 0 bridgehead atoms. The van der Waals surface area contributed by atoms with Crippen LogP contribution in [-0.4, -0.2) is 23.8 Å². The lowest BCUT2D eigenvalue weighted by Gasteiger charge is -2.12. The summed E-state index contributed by atoms with van der Waals surface area (Å²) in [6.07, 6.45) is 4.36. The monoisotopic (exact) mass is 400 g/mol. The summed E-state index contributed by atoms with van der Waals surface area (Å²) in [7, 11) is 3.25. The zero-order chi connectivity index (χ0) is 19.0. The van der Waals surface area contributed by atoms with Crippen LogP contribution in [0.5, 0.6) is 11.5 Å². The van der Waals surface area contributed by atoms with Crippen LogP contribution in [0.4, 0.5) is 0 Å². The third-order valence-electron chi connectivity index (χ3n) is 4.79. The molecule has 4 aromatic rings. The molecule has 0 aliphatic heterocycles. The maximum atomic E-state index is 11.9. The van der Waals surface area contributed by atoms with Crippen LogP contribution in [0, 0.1) is 0 Å². The Hall–Kier alpha value is -2.99. The molecule has 0 amide bonds. The van der Waals surface area contributed by atoms with E-state index in [1.807, 2.05) is 49.6 Å². The molecule has 0 radical (unpaired) electrons. The molecule has 4 rings (SSSR count). The minimum Gasteiger partial charge on any atom is -0.493 e. The zero-order valence-corrected chi connectivity index (χ0v) is 16.7. The Morgan fingerprint density at radius 3 is 2.54 bits per heavy atom. The molecule has 0 unspecified atom stereocenters. The Balaban J connectivity index is 0.00000225. The highest BCUT2D eigenvalue weighted by Gasteiger charge is 2.12. The summed E-state index contributed by atoms with van der Waals surface area (Å²) in [5.74, 6) is 1.03. The third kappa shape index (κ3) is 3.31. The number of nitrogens with zero attached hydrogens (tertiary/aromatic N) is 2. The highest BCUT2D eigenvalue weighted by Crippen LogP contribution is 2.34. The van der Waals surface area contributed by atoms with Gasteiger partial charge in [-0.05, 0) is 54.1 Å². The van der Waals surface area contributed by atoms with Gasteiger partial charge in [0.25, 0.3) is 0 Å². The number of oxazole rings is 1. The van der Waals surface area contributed by atoms with E-state index in [2.05, 4.69) is 4.98 Å². The maximum absolute atomic E-state index is 11.9. The van der Waals surface area contributed by atoms with Gasteiger partial charge in [-0.15, -0.1) is 12.4 Å². The van der Waals surface area contributed by atoms with Crippen molar-refractivity contribution >= 4 is 34.3 Å². The normalized spacial score (nSPS) is 10.8. The number of aryl methyl sites for hydroxylation is 1. The molecule has 0 spiro atoms. The van der Waals surface area contributed by atoms with Crippen LogP contribution in [0.1, 0.15) is 18.1 Å². The number of ether oxygens (including phenoxy) is 2. The molecule has 0 aliphatic rings. The topological polar surface area (TPSA) is 66.5 Å². The first-order chi connectivity index (χ1) is 13.1. The van der Waals surface area contributed by atoms with Gasteiger partial charge in [-0.3, -0.25) is 9.55 Å². The van der Waals surface area contributed by atoms with E-state index in [-0.39, 0.29) is 18.2 Å². The van der Waals surface area contributed by atoms with Gasteiger partial charge in [0.05, 0.1) is 19.7 Å². The van der Waals surface area contributed by atoms with Crippen molar-refractivity contribution in [3.8, 4) is 11.5 Å². The Bertz CT molecular complexity index is 1200. The van der Waals surface area contributed by atoms with E-state index in [0.717, 1.165) is 27.4 Å². The zero-order valence-electron chi connectivity index (χ0n) is 15.9. The first kappa shape index (κ1) is 19.8. The summed E-state index contributed by atoms with van der Waals surface area (Å²) in [5.41, 5.74) is 3.57. The second-order valence-corrected chi connectivity index (χ2v) is 6.32. The number of fused-ring (bicyclic) bond motifs is 2. The molecular formula is C21H21ClN2O4. The maximum Gasteiger partial charge on any atom is 0.419 e. The highest BCUT2D eigenvalue weighted by molar-refractivity contribution is 5.88. The van der Waals surface area contributed by atoms with E-state index in [4.69, 9.17) is 13.9 Å². The molecule has 0 saturated heterocycles. The van der Waals surface area contributed by atoms with Crippen molar-refractivity contribution in [2.75, 3.05) is 14.2 Å². The summed E-state index contributed by atoms with van der Waals surface area (Å²) in [4.78, 5) is 16.3. The van der Waals surface area contributed by atoms with Gasteiger partial charge in [-0.2, -0.15) is 0 Å². The van der Waals surface area contributed by atoms with Crippen LogP contribution in [0.25, 0.3) is 21.9 Å². The van der Waals surface area contributed by atoms with Gasteiger partial charge in [0, 0.05) is 24.3 Å². The van der Waals surface area contributed by atoms with Crippen molar-refractivity contribution in [2.24, 2.45) is 0 Å². The second kappa shape index (κ2) is 7.94. The molecule has 2 heterocycles. The number of aromatic nitrogens is 2. The van der Waals surface area contributed by atoms with Gasteiger partial charge in [0.15, 0.2) is 17.1 Å². The summed E-state index contributed by atoms with van der Waals surface area (Å²) in [6.45, 7) is 2.50. The minimum atomic E-state index is -0.326. The lowest BCUT2D eigenvalue weighted by molar-refractivity contribution is 0.356. The van der Waals surface area contributed by atoms with E-state index in [1.54, 1.807) is 18.8 Å². The van der Waals surface area contributed by atoms with Crippen molar-refractivity contribution in [1.29, 1.82) is 0 Å². The Morgan fingerprint density at radius 1 is 1.07 bits per heavy atom. The van der Waals surface area contributed by atoms with Crippen LogP contribution in [-0.2, 0) is 13.0 Å². The van der Waals surface area contributed by atoms with Crippen LogP contribution in [0.3, 0.4) is 0 Å². The van der Waals surface area contributed by atoms with Crippen LogP contribution in [0.15, 0.2) is 51.9 Å². The fraction of sp³-hybridized carbons (Fsp3) is 0.238. The summed E-state index contributed by atoms with van der Waals surface area (Å²) < 4.78 is 17.7. The standard InChI is InChI=1S/C21H20N2O4.ClH/c1-4-23-17-8-13(5-6-18(17)27-21(23)24)7-14-11-22-12-15-9-19(25-2)20(26-3)10-16(14)15;/h5-6,8-12H,4,7H2,1-3H3;1H. The first-order valence-corrected chi connectivity index (χ1v) is 8.75. The van der Waals surface area contributed by atoms with E-state index >= 15 is 0 Å². The summed E-state index contributed by atoms with van der Waals surface area (Å²) >= 11 is 0. The van der Waals surface area contributed by atoms with E-state index in [9.17, 15) is 4.79 Å². The predicted octanol–water partition coefficient (Wildman–Crippen LogP) is 4.19. The van der Waals surface area contributed by atoms with Gasteiger partial charge >= 0.3 is 5.76 Å². The molecule has 2 aromatic carbocycles. The van der Waals surface area contributed by atoms with Crippen molar-refractivity contribution in [3.63, 3.8) is 0 Å². The lowest BCUT2D eigenvalue weighted by atomic mass is 10.00. The molecule has 146 valence electrons. The van der Waals surface area contributed by atoms with Crippen LogP contribution in [0.2, 0.25) is 0 Å². The minimum absolute atomic E-state index is 0. The number of methoxy groups -OCH3 is 2. The smallest absolute Gasteiger partial charge is 0.419 e. The number of pyridine rings is 1. The molecule has 0 saturated carbocycles. The van der Waals surface area contributed by atoms with Gasteiger partial charge in [-0.1, -0.05) is 6.07 Å².